The zero-order valence-corrected chi connectivity index (χ0v) is 24.6. The van der Waals surface area contributed by atoms with E-state index < -0.39 is 11.9 Å². The van der Waals surface area contributed by atoms with Crippen molar-refractivity contribution in [2.24, 2.45) is 5.92 Å². The number of esters is 2. The van der Waals surface area contributed by atoms with Crippen molar-refractivity contribution in [3.8, 4) is 11.5 Å². The molecule has 1 aliphatic rings. The van der Waals surface area contributed by atoms with Crippen LogP contribution in [-0.2, 0) is 31.9 Å². The van der Waals surface area contributed by atoms with E-state index in [0.717, 1.165) is 37.5 Å². The minimum Gasteiger partial charge on any atom is -0.494 e. The van der Waals surface area contributed by atoms with Crippen molar-refractivity contribution in [2.45, 2.75) is 77.6 Å². The molecular formula is C33H45NO7. The van der Waals surface area contributed by atoms with Gasteiger partial charge in [0, 0.05) is 12.1 Å². The number of carbonyl (C=O) groups excluding carboxylic acids is 3. The number of amides is 1. The smallest absolute Gasteiger partial charge is 0.338 e. The lowest BCUT2D eigenvalue weighted by molar-refractivity contribution is -0.140. The zero-order valence-electron chi connectivity index (χ0n) is 24.6. The van der Waals surface area contributed by atoms with Crippen molar-refractivity contribution in [2.75, 3.05) is 33.5 Å². The third-order valence-corrected chi connectivity index (χ3v) is 7.34. The zero-order chi connectivity index (χ0) is 29.3. The maximum absolute atomic E-state index is 12.5. The highest BCUT2D eigenvalue weighted by atomic mass is 16.5. The Kier molecular flexibility index (Phi) is 14.0. The van der Waals surface area contributed by atoms with Crippen LogP contribution in [0.25, 0.3) is 0 Å². The second kappa shape index (κ2) is 18.0. The summed E-state index contributed by atoms with van der Waals surface area (Å²) in [5.41, 5.74) is 2.13. The van der Waals surface area contributed by atoms with Crippen molar-refractivity contribution < 1.29 is 33.3 Å². The molecule has 224 valence electrons. The molecule has 1 saturated carbocycles. The molecule has 1 amide bonds. The molecule has 2 aromatic rings. The van der Waals surface area contributed by atoms with Gasteiger partial charge in [0.15, 0.2) is 0 Å². The number of nitrogens with one attached hydrogen (secondary N) is 1. The van der Waals surface area contributed by atoms with Gasteiger partial charge in [-0.25, -0.2) is 4.79 Å². The molecule has 0 atom stereocenters. The molecule has 8 heteroatoms. The van der Waals surface area contributed by atoms with Crippen LogP contribution in [0.15, 0.2) is 42.5 Å². The van der Waals surface area contributed by atoms with E-state index in [4.69, 9.17) is 14.2 Å². The van der Waals surface area contributed by atoms with E-state index in [1.54, 1.807) is 25.1 Å². The van der Waals surface area contributed by atoms with E-state index in [-0.39, 0.29) is 31.9 Å². The fourth-order valence-electron chi connectivity index (χ4n) is 5.09. The Morgan fingerprint density at radius 3 is 2.41 bits per heavy atom. The Labute approximate surface area is 244 Å². The van der Waals surface area contributed by atoms with Gasteiger partial charge >= 0.3 is 11.9 Å². The summed E-state index contributed by atoms with van der Waals surface area (Å²) in [4.78, 5) is 36.0. The topological polar surface area (TPSA) is 100 Å². The van der Waals surface area contributed by atoms with Crippen molar-refractivity contribution in [1.82, 2.24) is 5.32 Å². The predicted molar refractivity (Wildman–Crippen MR) is 157 cm³/mol. The molecular weight excluding hydrogens is 522 g/mol. The monoisotopic (exact) mass is 567 g/mol. The quantitative estimate of drug-likeness (QED) is 0.189. The van der Waals surface area contributed by atoms with Crippen molar-refractivity contribution in [1.29, 1.82) is 0 Å². The molecule has 3 rings (SSSR count). The van der Waals surface area contributed by atoms with Crippen LogP contribution in [-0.4, -0.2) is 51.3 Å². The first-order valence-electron chi connectivity index (χ1n) is 15.0. The van der Waals surface area contributed by atoms with Gasteiger partial charge in [-0.15, -0.1) is 0 Å². The number of aryl methyl sites for hydroxylation is 1. The third-order valence-electron chi connectivity index (χ3n) is 7.34. The van der Waals surface area contributed by atoms with E-state index in [1.165, 1.54) is 51.2 Å². The fourth-order valence-corrected chi connectivity index (χ4v) is 5.09. The molecule has 0 saturated heterocycles. The fraction of sp³-hybridized carbons (Fsp3) is 0.545. The number of hydrogen-bond donors (Lipinski definition) is 1. The van der Waals surface area contributed by atoms with Crippen LogP contribution in [0.1, 0.15) is 86.2 Å². The Bertz CT molecular complexity index is 1090. The van der Waals surface area contributed by atoms with Gasteiger partial charge in [-0.3, -0.25) is 9.59 Å². The van der Waals surface area contributed by atoms with Gasteiger partial charge in [0.05, 0.1) is 45.3 Å². The van der Waals surface area contributed by atoms with Crippen LogP contribution >= 0.6 is 0 Å². The molecule has 0 spiro atoms. The molecule has 8 nitrogen and oxygen atoms in total. The molecule has 2 aromatic carbocycles. The van der Waals surface area contributed by atoms with E-state index in [9.17, 15) is 14.4 Å². The first kappa shape index (κ1) is 32.0. The van der Waals surface area contributed by atoms with Gasteiger partial charge in [-0.05, 0) is 74.4 Å². The summed E-state index contributed by atoms with van der Waals surface area (Å²) < 4.78 is 21.7. The van der Waals surface area contributed by atoms with Crippen molar-refractivity contribution >= 4 is 17.8 Å². The number of benzene rings is 2. The Hall–Kier alpha value is -3.55. The number of carbonyl (C=O) groups is 3. The minimum atomic E-state index is -0.456. The maximum Gasteiger partial charge on any atom is 0.338 e. The highest BCUT2D eigenvalue weighted by molar-refractivity contribution is 5.90. The second-order valence-corrected chi connectivity index (χ2v) is 10.5. The van der Waals surface area contributed by atoms with Gasteiger partial charge in [0.1, 0.15) is 11.5 Å². The first-order valence-corrected chi connectivity index (χ1v) is 15.0. The molecule has 1 aliphatic carbocycles. The van der Waals surface area contributed by atoms with Gasteiger partial charge in [0.25, 0.3) is 0 Å². The summed E-state index contributed by atoms with van der Waals surface area (Å²) in [6, 6.07) is 13.2. The number of ether oxygens (including phenoxy) is 4. The Morgan fingerprint density at radius 1 is 0.927 bits per heavy atom. The van der Waals surface area contributed by atoms with Crippen molar-refractivity contribution in [3.05, 3.63) is 59.2 Å². The highest BCUT2D eigenvalue weighted by Gasteiger charge is 2.15. The molecule has 0 radical (unpaired) electrons. The van der Waals surface area contributed by atoms with E-state index in [0.29, 0.717) is 23.5 Å². The molecule has 1 N–H and O–H groups in total. The summed E-state index contributed by atoms with van der Waals surface area (Å²) in [7, 11) is 1.30. The average Bonchev–Trinajstić information content (AvgIpc) is 2.99. The first-order chi connectivity index (χ1) is 20.0. The van der Waals surface area contributed by atoms with E-state index in [1.807, 2.05) is 12.1 Å². The normalized spacial score (nSPS) is 13.3. The van der Waals surface area contributed by atoms with Crippen LogP contribution in [0, 0.1) is 5.92 Å². The number of rotatable bonds is 17. The van der Waals surface area contributed by atoms with Gasteiger partial charge in [0.2, 0.25) is 5.91 Å². The van der Waals surface area contributed by atoms with Crippen LogP contribution < -0.4 is 14.8 Å². The molecule has 0 unspecified atom stereocenters. The lowest BCUT2D eigenvalue weighted by Crippen LogP contribution is -2.28. The van der Waals surface area contributed by atoms with Crippen LogP contribution in [0.4, 0.5) is 0 Å². The lowest BCUT2D eigenvalue weighted by atomic mass is 9.86. The maximum atomic E-state index is 12.5. The van der Waals surface area contributed by atoms with E-state index >= 15 is 0 Å². The highest BCUT2D eigenvalue weighted by Crippen LogP contribution is 2.27. The average molecular weight is 568 g/mol. The molecule has 0 aromatic heterocycles. The number of hydrogen-bond acceptors (Lipinski definition) is 7. The van der Waals surface area contributed by atoms with Crippen LogP contribution in [0.5, 0.6) is 11.5 Å². The largest absolute Gasteiger partial charge is 0.494 e. The van der Waals surface area contributed by atoms with Gasteiger partial charge in [-0.2, -0.15) is 0 Å². The Morgan fingerprint density at radius 2 is 1.68 bits per heavy atom. The summed E-state index contributed by atoms with van der Waals surface area (Å²) in [5, 5.41) is 2.70. The number of methoxy groups -OCH3 is 1. The molecule has 41 heavy (non-hydrogen) atoms. The molecule has 0 heterocycles. The predicted octanol–water partition coefficient (Wildman–Crippen LogP) is 5.84. The third kappa shape index (κ3) is 11.8. The Balaban J connectivity index is 1.45. The lowest BCUT2D eigenvalue weighted by Gasteiger charge is -2.21. The van der Waals surface area contributed by atoms with Crippen LogP contribution in [0.3, 0.4) is 0 Å². The standard InChI is InChI=1S/C33H45NO7/c1-3-39-33(37)27-15-18-30(28(23-27)24-31(35)34-20-19-32(36)38-2)41-22-8-12-26-13-16-29(17-14-26)40-21-7-11-25-9-5-4-6-10-25/h13-18,23,25H,3-12,19-22,24H2,1-2H3,(H,34,35). The molecule has 0 aliphatic heterocycles. The van der Waals surface area contributed by atoms with Gasteiger partial charge < -0.3 is 24.3 Å². The SMILES string of the molecule is CCOC(=O)c1ccc(OCCCc2ccc(OCCCC3CCCCC3)cc2)c(CC(=O)NCCC(=O)OC)c1. The van der Waals surface area contributed by atoms with E-state index in [2.05, 4.69) is 22.2 Å². The van der Waals surface area contributed by atoms with Gasteiger partial charge in [-0.1, -0.05) is 44.2 Å². The summed E-state index contributed by atoms with van der Waals surface area (Å²) in [5.74, 6) is 1.20. The second-order valence-electron chi connectivity index (χ2n) is 10.5. The van der Waals surface area contributed by atoms with Crippen molar-refractivity contribution in [3.63, 3.8) is 0 Å². The van der Waals surface area contributed by atoms with Crippen LogP contribution in [0.2, 0.25) is 0 Å². The molecule has 1 fully saturated rings. The summed E-state index contributed by atoms with van der Waals surface area (Å²) in [6.45, 7) is 3.39. The molecule has 0 bridgehead atoms. The minimum absolute atomic E-state index is 0.00582. The summed E-state index contributed by atoms with van der Waals surface area (Å²) in [6.07, 6.45) is 11.0. The summed E-state index contributed by atoms with van der Waals surface area (Å²) >= 11 is 0.